The molecule has 0 aliphatic rings. The highest BCUT2D eigenvalue weighted by Gasteiger charge is 2.29. The monoisotopic (exact) mass is 611 g/mol. The number of aromatic nitrogens is 3. The van der Waals surface area contributed by atoms with Crippen molar-refractivity contribution in [2.24, 2.45) is 5.14 Å². The first-order chi connectivity index (χ1) is 20.6. The Morgan fingerprint density at radius 1 is 0.977 bits per heavy atom. The summed E-state index contributed by atoms with van der Waals surface area (Å²) in [6.45, 7) is 2.28. The molecular formula is C29H33N5O8S. The third-order valence-electron chi connectivity index (χ3n) is 6.65. The van der Waals surface area contributed by atoms with Gasteiger partial charge in [0.25, 0.3) is 5.89 Å². The van der Waals surface area contributed by atoms with E-state index in [1.807, 2.05) is 6.92 Å². The number of benzene rings is 2. The van der Waals surface area contributed by atoms with E-state index >= 15 is 0 Å². The molecule has 43 heavy (non-hydrogen) atoms. The third kappa shape index (κ3) is 7.21. The average molecular weight is 612 g/mol. The van der Waals surface area contributed by atoms with Crippen LogP contribution in [0.5, 0.6) is 23.1 Å². The molecule has 228 valence electrons. The zero-order valence-corrected chi connectivity index (χ0v) is 24.8. The van der Waals surface area contributed by atoms with Crippen LogP contribution in [0.4, 0.5) is 0 Å². The Balaban J connectivity index is 1.55. The number of methoxy groups -OCH3 is 2. The number of aromatic hydroxyl groups is 2. The van der Waals surface area contributed by atoms with Gasteiger partial charge in [0.2, 0.25) is 27.7 Å². The van der Waals surface area contributed by atoms with Crippen LogP contribution < -0.4 is 19.9 Å². The van der Waals surface area contributed by atoms with Gasteiger partial charge in [-0.3, -0.25) is 4.79 Å². The van der Waals surface area contributed by atoms with Crippen molar-refractivity contribution in [3.63, 3.8) is 0 Å². The molecule has 5 N–H and O–H groups in total. The van der Waals surface area contributed by atoms with Gasteiger partial charge in [0, 0.05) is 6.54 Å². The van der Waals surface area contributed by atoms with Gasteiger partial charge < -0.3 is 29.4 Å². The molecule has 0 saturated heterocycles. The number of aryl methyl sites for hydroxylation is 1. The van der Waals surface area contributed by atoms with E-state index in [1.54, 1.807) is 30.3 Å². The number of unbranched alkanes of at least 4 members (excludes halogenated alkanes) is 1. The SMILES string of the molecule is CCCCc1nc(O)c(-c2nnc(CC(=O)NCCc3ccc(S(N)(=O)=O)cc3)o2)c(O)c1-c1c(OC)cccc1OC. The van der Waals surface area contributed by atoms with E-state index in [1.165, 1.54) is 26.4 Å². The molecule has 0 spiro atoms. The number of carbonyl (C=O) groups excluding carboxylic acids is 1. The fraction of sp³-hybridized carbons (Fsp3) is 0.310. The van der Waals surface area contributed by atoms with Gasteiger partial charge in [0.15, 0.2) is 0 Å². The number of primary sulfonamides is 1. The second kappa shape index (κ2) is 13.5. The summed E-state index contributed by atoms with van der Waals surface area (Å²) >= 11 is 0. The number of nitrogens with zero attached hydrogens (tertiary/aromatic N) is 3. The molecule has 0 bridgehead atoms. The summed E-state index contributed by atoms with van der Waals surface area (Å²) in [4.78, 5) is 16.9. The van der Waals surface area contributed by atoms with E-state index in [-0.39, 0.29) is 41.0 Å². The predicted molar refractivity (Wildman–Crippen MR) is 156 cm³/mol. The molecule has 14 heteroatoms. The Hall–Kier alpha value is -4.69. The zero-order valence-electron chi connectivity index (χ0n) is 24.0. The molecule has 0 radical (unpaired) electrons. The second-order valence-corrected chi connectivity index (χ2v) is 11.1. The summed E-state index contributed by atoms with van der Waals surface area (Å²) in [5.74, 6) is -0.683. The lowest BCUT2D eigenvalue weighted by Gasteiger charge is -2.18. The van der Waals surface area contributed by atoms with Crippen molar-refractivity contribution in [3.05, 3.63) is 59.6 Å². The molecule has 0 saturated carbocycles. The minimum absolute atomic E-state index is 0.00419. The van der Waals surface area contributed by atoms with Crippen LogP contribution in [0.2, 0.25) is 0 Å². The van der Waals surface area contributed by atoms with Crippen LogP contribution in [-0.2, 0) is 34.1 Å². The number of nitrogens with two attached hydrogens (primary N) is 1. The van der Waals surface area contributed by atoms with Crippen LogP contribution in [0.15, 0.2) is 51.8 Å². The Kier molecular flexibility index (Phi) is 9.83. The van der Waals surface area contributed by atoms with Crippen LogP contribution in [0.25, 0.3) is 22.6 Å². The summed E-state index contributed by atoms with van der Waals surface area (Å²) in [7, 11) is -0.790. The number of sulfonamides is 1. The van der Waals surface area contributed by atoms with Gasteiger partial charge >= 0.3 is 0 Å². The number of amides is 1. The molecule has 0 aliphatic heterocycles. The van der Waals surface area contributed by atoms with Crippen LogP contribution >= 0.6 is 0 Å². The molecule has 2 aromatic heterocycles. The topological polar surface area (TPSA) is 200 Å². The maximum Gasteiger partial charge on any atom is 0.257 e. The third-order valence-corrected chi connectivity index (χ3v) is 7.58. The summed E-state index contributed by atoms with van der Waals surface area (Å²) in [5, 5.41) is 38.1. The molecule has 13 nitrogen and oxygen atoms in total. The average Bonchev–Trinajstić information content (AvgIpc) is 3.43. The van der Waals surface area contributed by atoms with Gasteiger partial charge in [-0.05, 0) is 49.1 Å². The first-order valence-electron chi connectivity index (χ1n) is 13.4. The number of ether oxygens (including phenoxy) is 2. The lowest BCUT2D eigenvalue weighted by Crippen LogP contribution is -2.27. The minimum atomic E-state index is -3.78. The molecule has 0 atom stereocenters. The number of nitrogens with one attached hydrogen (secondary N) is 1. The van der Waals surface area contributed by atoms with Crippen molar-refractivity contribution in [2.45, 2.75) is 43.9 Å². The van der Waals surface area contributed by atoms with Crippen molar-refractivity contribution in [3.8, 4) is 45.7 Å². The summed E-state index contributed by atoms with van der Waals surface area (Å²) in [5.41, 5.74) is 1.79. The minimum Gasteiger partial charge on any atom is -0.506 e. The first kappa shape index (κ1) is 31.3. The molecule has 0 fully saturated rings. The van der Waals surface area contributed by atoms with E-state index in [4.69, 9.17) is 19.0 Å². The molecule has 4 aromatic rings. The number of pyridine rings is 1. The maximum atomic E-state index is 12.5. The van der Waals surface area contributed by atoms with Gasteiger partial charge in [0.05, 0.1) is 35.9 Å². The van der Waals surface area contributed by atoms with Crippen LogP contribution in [0.1, 0.15) is 36.9 Å². The Bertz CT molecular complexity index is 1680. The van der Waals surface area contributed by atoms with Crippen molar-refractivity contribution >= 4 is 15.9 Å². The van der Waals surface area contributed by atoms with E-state index in [0.29, 0.717) is 41.2 Å². The summed E-state index contributed by atoms with van der Waals surface area (Å²) in [6, 6.07) is 11.2. The fourth-order valence-electron chi connectivity index (χ4n) is 4.51. The number of hydrogen-bond acceptors (Lipinski definition) is 11. The molecule has 2 heterocycles. The maximum absolute atomic E-state index is 12.5. The number of hydrogen-bond donors (Lipinski definition) is 4. The van der Waals surface area contributed by atoms with Crippen molar-refractivity contribution in [1.29, 1.82) is 0 Å². The van der Waals surface area contributed by atoms with E-state index in [0.717, 1.165) is 18.4 Å². The smallest absolute Gasteiger partial charge is 0.257 e. The van der Waals surface area contributed by atoms with Crippen LogP contribution in [0, 0.1) is 0 Å². The molecule has 0 unspecified atom stereocenters. The highest BCUT2D eigenvalue weighted by molar-refractivity contribution is 7.89. The Morgan fingerprint density at radius 3 is 2.26 bits per heavy atom. The van der Waals surface area contributed by atoms with Crippen molar-refractivity contribution in [2.75, 3.05) is 20.8 Å². The number of carbonyl (C=O) groups is 1. The Morgan fingerprint density at radius 2 is 1.65 bits per heavy atom. The summed E-state index contributed by atoms with van der Waals surface area (Å²) in [6.07, 6.45) is 2.25. The first-order valence-corrected chi connectivity index (χ1v) is 15.0. The van der Waals surface area contributed by atoms with Crippen LogP contribution in [-0.4, -0.2) is 60.5 Å². The molecule has 1 amide bonds. The normalized spacial score (nSPS) is 11.3. The molecule has 4 rings (SSSR count). The predicted octanol–water partition coefficient (Wildman–Crippen LogP) is 3.12. The summed E-state index contributed by atoms with van der Waals surface area (Å²) < 4.78 is 39.6. The van der Waals surface area contributed by atoms with Gasteiger partial charge in [-0.15, -0.1) is 10.2 Å². The van der Waals surface area contributed by atoms with E-state index in [2.05, 4.69) is 20.5 Å². The fourth-order valence-corrected chi connectivity index (χ4v) is 5.02. The Labute approximate surface area is 248 Å². The quantitative estimate of drug-likeness (QED) is 0.173. The second-order valence-electron chi connectivity index (χ2n) is 9.59. The van der Waals surface area contributed by atoms with Crippen molar-refractivity contribution < 1.29 is 37.3 Å². The van der Waals surface area contributed by atoms with Gasteiger partial charge in [0.1, 0.15) is 29.2 Å². The standard InChI is InChI=1S/C29H33N5O8S/c1-4-5-7-19-24(25-20(40-2)8-6-9-21(25)41-3)27(36)26(28(37)32-19)29-34-33-23(42-29)16-22(35)31-15-14-17-10-12-18(13-11-17)43(30,38)39/h6,8-13H,4-5,7,14-16H2,1-3H3,(H,31,35)(H2,30,38,39)(H2,32,36,37). The lowest BCUT2D eigenvalue weighted by molar-refractivity contribution is -0.120. The van der Waals surface area contributed by atoms with Crippen LogP contribution in [0.3, 0.4) is 0 Å². The van der Waals surface area contributed by atoms with Gasteiger partial charge in [-0.25, -0.2) is 18.5 Å². The highest BCUT2D eigenvalue weighted by Crippen LogP contribution is 2.49. The van der Waals surface area contributed by atoms with Gasteiger partial charge in [-0.1, -0.05) is 31.5 Å². The molecule has 0 aliphatic carbocycles. The number of rotatable bonds is 13. The van der Waals surface area contributed by atoms with Gasteiger partial charge in [-0.2, -0.15) is 0 Å². The molecular weight excluding hydrogens is 578 g/mol. The zero-order chi connectivity index (χ0) is 31.1. The van der Waals surface area contributed by atoms with E-state index in [9.17, 15) is 23.4 Å². The highest BCUT2D eigenvalue weighted by atomic mass is 32.2. The van der Waals surface area contributed by atoms with E-state index < -0.39 is 21.8 Å². The largest absolute Gasteiger partial charge is 0.506 e. The lowest BCUT2D eigenvalue weighted by atomic mass is 9.95. The molecule has 2 aromatic carbocycles. The van der Waals surface area contributed by atoms with Crippen molar-refractivity contribution in [1.82, 2.24) is 20.5 Å².